The molecule has 5 nitrogen and oxygen atoms in total. The Morgan fingerprint density at radius 3 is 2.32 bits per heavy atom. The molecule has 2 aromatic rings. The summed E-state index contributed by atoms with van der Waals surface area (Å²) in [5.41, 5.74) is -0.278. The Hall–Kier alpha value is -3.10. The third-order valence-electron chi connectivity index (χ3n) is 3.08. The van der Waals surface area contributed by atoms with Crippen molar-refractivity contribution in [3.05, 3.63) is 53.8 Å². The van der Waals surface area contributed by atoms with Crippen LogP contribution in [0.3, 0.4) is 0 Å². The molecule has 2 aromatic carbocycles. The zero-order valence-corrected chi connectivity index (χ0v) is 12.8. The number of carbonyl (C=O) groups excluding carboxylic acids is 2. The highest BCUT2D eigenvalue weighted by Crippen LogP contribution is 2.30. The molecule has 0 saturated heterocycles. The molecular weight excluding hydrogens is 344 g/mol. The number of amides is 2. The van der Waals surface area contributed by atoms with Gasteiger partial charge in [0.25, 0.3) is 5.91 Å². The standard InChI is InChI=1S/C16H12F4N2O3/c1-25-13-8-9(6-7-12(13)22-15(24)16(18,19)20)21-14(23)10-4-2-3-5-11(10)17/h2-8H,1H3,(H,21,23)(H,22,24). The number of rotatable bonds is 4. The summed E-state index contributed by atoms with van der Waals surface area (Å²) >= 11 is 0. The Morgan fingerprint density at radius 1 is 1.04 bits per heavy atom. The monoisotopic (exact) mass is 356 g/mol. The number of hydrogen-bond donors (Lipinski definition) is 2. The van der Waals surface area contributed by atoms with Crippen LogP contribution in [0, 0.1) is 5.82 Å². The fourth-order valence-electron chi connectivity index (χ4n) is 1.91. The number of benzene rings is 2. The highest BCUT2D eigenvalue weighted by atomic mass is 19.4. The molecule has 0 radical (unpaired) electrons. The predicted molar refractivity (Wildman–Crippen MR) is 82.0 cm³/mol. The van der Waals surface area contributed by atoms with Gasteiger partial charge in [-0.05, 0) is 24.3 Å². The van der Waals surface area contributed by atoms with Gasteiger partial charge in [-0.15, -0.1) is 0 Å². The largest absolute Gasteiger partial charge is 0.494 e. The van der Waals surface area contributed by atoms with Crippen molar-refractivity contribution in [3.63, 3.8) is 0 Å². The maximum atomic E-state index is 13.6. The van der Waals surface area contributed by atoms with E-state index in [0.29, 0.717) is 0 Å². The lowest BCUT2D eigenvalue weighted by molar-refractivity contribution is -0.167. The first-order valence-corrected chi connectivity index (χ1v) is 6.84. The third-order valence-corrected chi connectivity index (χ3v) is 3.08. The molecule has 0 spiro atoms. The number of ether oxygens (including phenoxy) is 1. The molecule has 0 aromatic heterocycles. The molecule has 132 valence electrons. The number of alkyl halides is 3. The van der Waals surface area contributed by atoms with E-state index in [1.807, 2.05) is 0 Å². The summed E-state index contributed by atoms with van der Waals surface area (Å²) in [5.74, 6) is -3.73. The molecule has 0 aliphatic carbocycles. The molecule has 25 heavy (non-hydrogen) atoms. The zero-order chi connectivity index (χ0) is 18.6. The molecule has 0 saturated carbocycles. The fraction of sp³-hybridized carbons (Fsp3) is 0.125. The SMILES string of the molecule is COc1cc(NC(=O)c2ccccc2F)ccc1NC(=O)C(F)(F)F. The van der Waals surface area contributed by atoms with E-state index in [4.69, 9.17) is 4.74 Å². The Kier molecular flexibility index (Phi) is 5.26. The Labute approximate surface area is 139 Å². The van der Waals surface area contributed by atoms with E-state index >= 15 is 0 Å². The van der Waals surface area contributed by atoms with Crippen LogP contribution in [0.15, 0.2) is 42.5 Å². The summed E-state index contributed by atoms with van der Waals surface area (Å²) in [6, 6.07) is 8.87. The molecule has 2 N–H and O–H groups in total. The second-order valence-electron chi connectivity index (χ2n) is 4.80. The lowest BCUT2D eigenvalue weighted by Crippen LogP contribution is -2.30. The number of nitrogens with one attached hydrogen (secondary N) is 2. The van der Waals surface area contributed by atoms with Crippen LogP contribution in [0.1, 0.15) is 10.4 Å². The van der Waals surface area contributed by atoms with Crippen LogP contribution in [0.25, 0.3) is 0 Å². The first kappa shape index (κ1) is 18.2. The van der Waals surface area contributed by atoms with E-state index in [1.165, 1.54) is 37.4 Å². The van der Waals surface area contributed by atoms with Gasteiger partial charge < -0.3 is 15.4 Å². The number of halogens is 4. The summed E-state index contributed by atoms with van der Waals surface area (Å²) in [5, 5.41) is 4.05. The van der Waals surface area contributed by atoms with Gasteiger partial charge in [0.1, 0.15) is 11.6 Å². The quantitative estimate of drug-likeness (QED) is 0.823. The fourth-order valence-corrected chi connectivity index (χ4v) is 1.91. The number of hydrogen-bond acceptors (Lipinski definition) is 3. The van der Waals surface area contributed by atoms with Crippen LogP contribution in [-0.2, 0) is 4.79 Å². The summed E-state index contributed by atoms with van der Waals surface area (Å²) < 4.78 is 55.4. The van der Waals surface area contributed by atoms with E-state index in [1.54, 1.807) is 5.32 Å². The molecule has 0 aliphatic heterocycles. The first-order chi connectivity index (χ1) is 11.7. The van der Waals surface area contributed by atoms with Crippen LogP contribution in [0.5, 0.6) is 5.75 Å². The summed E-state index contributed by atoms with van der Waals surface area (Å²) in [4.78, 5) is 23.0. The van der Waals surface area contributed by atoms with Crippen LogP contribution in [-0.4, -0.2) is 25.1 Å². The summed E-state index contributed by atoms with van der Waals surface area (Å²) in [6.07, 6.45) is -5.05. The number of methoxy groups -OCH3 is 1. The van der Waals surface area contributed by atoms with Crippen LogP contribution in [0.4, 0.5) is 28.9 Å². The zero-order valence-electron chi connectivity index (χ0n) is 12.8. The average molecular weight is 356 g/mol. The van der Waals surface area contributed by atoms with Crippen molar-refractivity contribution >= 4 is 23.2 Å². The van der Waals surface area contributed by atoms with Gasteiger partial charge >= 0.3 is 12.1 Å². The van der Waals surface area contributed by atoms with Crippen molar-refractivity contribution in [1.29, 1.82) is 0 Å². The Morgan fingerprint density at radius 2 is 1.72 bits per heavy atom. The van der Waals surface area contributed by atoms with Gasteiger partial charge in [0.05, 0.1) is 18.4 Å². The number of carbonyl (C=O) groups is 2. The molecule has 0 heterocycles. The second kappa shape index (κ2) is 7.20. The van der Waals surface area contributed by atoms with Crippen LogP contribution in [0.2, 0.25) is 0 Å². The van der Waals surface area contributed by atoms with Crippen molar-refractivity contribution in [3.8, 4) is 5.75 Å². The van der Waals surface area contributed by atoms with Gasteiger partial charge in [0, 0.05) is 11.8 Å². The maximum Gasteiger partial charge on any atom is 0.471 e. The smallest absolute Gasteiger partial charge is 0.471 e. The van der Waals surface area contributed by atoms with Crippen molar-refractivity contribution in [2.24, 2.45) is 0 Å². The molecule has 0 bridgehead atoms. The molecule has 0 unspecified atom stereocenters. The van der Waals surface area contributed by atoms with E-state index in [0.717, 1.165) is 12.1 Å². The Balaban J connectivity index is 2.20. The van der Waals surface area contributed by atoms with Crippen molar-refractivity contribution in [2.45, 2.75) is 6.18 Å². The Bertz CT molecular complexity index is 806. The molecular formula is C16H12F4N2O3. The maximum absolute atomic E-state index is 13.6. The lowest BCUT2D eigenvalue weighted by atomic mass is 10.2. The minimum Gasteiger partial charge on any atom is -0.494 e. The van der Waals surface area contributed by atoms with Crippen molar-refractivity contribution in [1.82, 2.24) is 0 Å². The topological polar surface area (TPSA) is 67.4 Å². The van der Waals surface area contributed by atoms with Gasteiger partial charge in [0.15, 0.2) is 0 Å². The van der Waals surface area contributed by atoms with Gasteiger partial charge in [-0.3, -0.25) is 9.59 Å². The molecule has 9 heteroatoms. The van der Waals surface area contributed by atoms with E-state index in [9.17, 15) is 27.2 Å². The highest BCUT2D eigenvalue weighted by molar-refractivity contribution is 6.05. The summed E-state index contributed by atoms with van der Waals surface area (Å²) in [6.45, 7) is 0. The van der Waals surface area contributed by atoms with Gasteiger partial charge in [-0.1, -0.05) is 12.1 Å². The lowest BCUT2D eigenvalue weighted by Gasteiger charge is -2.13. The van der Waals surface area contributed by atoms with Crippen LogP contribution >= 0.6 is 0 Å². The minimum absolute atomic E-state index is 0.107. The highest BCUT2D eigenvalue weighted by Gasteiger charge is 2.39. The van der Waals surface area contributed by atoms with Crippen molar-refractivity contribution < 1.29 is 31.9 Å². The molecule has 0 aliphatic rings. The number of anilines is 2. The molecule has 0 fully saturated rings. The average Bonchev–Trinajstić information content (AvgIpc) is 2.55. The van der Waals surface area contributed by atoms with Crippen LogP contribution < -0.4 is 15.4 Å². The van der Waals surface area contributed by atoms with Gasteiger partial charge in [-0.2, -0.15) is 13.2 Å². The molecule has 0 atom stereocenters. The molecule has 2 amide bonds. The third kappa shape index (κ3) is 4.46. The van der Waals surface area contributed by atoms with E-state index in [-0.39, 0.29) is 22.7 Å². The van der Waals surface area contributed by atoms with E-state index < -0.39 is 23.8 Å². The van der Waals surface area contributed by atoms with E-state index in [2.05, 4.69) is 5.32 Å². The van der Waals surface area contributed by atoms with Gasteiger partial charge in [-0.25, -0.2) is 4.39 Å². The van der Waals surface area contributed by atoms with Crippen molar-refractivity contribution in [2.75, 3.05) is 17.7 Å². The second-order valence-corrected chi connectivity index (χ2v) is 4.80. The predicted octanol–water partition coefficient (Wildman–Crippen LogP) is 3.59. The normalized spacial score (nSPS) is 10.9. The minimum atomic E-state index is -5.05. The summed E-state index contributed by atoms with van der Waals surface area (Å²) in [7, 11) is 1.18. The molecule has 2 rings (SSSR count). The van der Waals surface area contributed by atoms with Gasteiger partial charge in [0.2, 0.25) is 0 Å². The first-order valence-electron chi connectivity index (χ1n) is 6.84.